The fraction of sp³-hybridized carbons (Fsp3) is 0.562. The summed E-state index contributed by atoms with van der Waals surface area (Å²) in [5.41, 5.74) is 1.27. The molecule has 2 N–H and O–H groups in total. The number of nitrogens with one attached hydrogen (secondary N) is 1. The Hall–Kier alpha value is -1.59. The molecule has 5 heteroatoms. The molecule has 0 aromatic heterocycles. The lowest BCUT2D eigenvalue weighted by Crippen LogP contribution is -2.50. The monoisotopic (exact) mass is 290 g/mol. The molecule has 1 aromatic carbocycles. The molecule has 0 spiro atoms. The number of hydrogen-bond acceptors (Lipinski definition) is 4. The topological polar surface area (TPSA) is 61.8 Å². The van der Waals surface area contributed by atoms with Gasteiger partial charge in [0, 0.05) is 19.1 Å². The van der Waals surface area contributed by atoms with Gasteiger partial charge in [0.2, 0.25) is 0 Å². The van der Waals surface area contributed by atoms with Crippen LogP contribution in [0.1, 0.15) is 28.8 Å². The van der Waals surface area contributed by atoms with Crippen LogP contribution in [0.3, 0.4) is 0 Å². The molecule has 0 radical (unpaired) electrons. The van der Waals surface area contributed by atoms with Gasteiger partial charge >= 0.3 is 0 Å². The number of aryl methyl sites for hydroxylation is 1. The molecule has 0 bridgehead atoms. The zero-order chi connectivity index (χ0) is 14.8. The first-order valence-electron chi connectivity index (χ1n) is 7.57. The first-order valence-corrected chi connectivity index (χ1v) is 7.57. The van der Waals surface area contributed by atoms with E-state index >= 15 is 0 Å². The number of carbonyl (C=O) groups is 1. The molecule has 21 heavy (non-hydrogen) atoms. The molecule has 1 amide bonds. The number of aromatic hydroxyl groups is 1. The average molecular weight is 290 g/mol. The van der Waals surface area contributed by atoms with Crippen molar-refractivity contribution in [1.82, 2.24) is 10.2 Å². The molecule has 2 saturated heterocycles. The average Bonchev–Trinajstić information content (AvgIpc) is 2.94. The number of ether oxygens (including phenoxy) is 1. The Morgan fingerprint density at radius 2 is 2.38 bits per heavy atom. The maximum atomic E-state index is 12.1. The highest BCUT2D eigenvalue weighted by atomic mass is 16.5. The van der Waals surface area contributed by atoms with E-state index in [1.54, 1.807) is 18.2 Å². The van der Waals surface area contributed by atoms with Crippen LogP contribution in [0.25, 0.3) is 0 Å². The van der Waals surface area contributed by atoms with Crippen LogP contribution in [0, 0.1) is 6.92 Å². The zero-order valence-corrected chi connectivity index (χ0v) is 12.3. The molecule has 2 aliphatic heterocycles. The minimum Gasteiger partial charge on any atom is -0.507 e. The largest absolute Gasteiger partial charge is 0.507 e. The van der Waals surface area contributed by atoms with Gasteiger partial charge in [-0.2, -0.15) is 0 Å². The number of rotatable bonds is 3. The third-order valence-electron chi connectivity index (χ3n) is 4.35. The Bertz CT molecular complexity index is 532. The SMILES string of the molecule is Cc1ccc(O)c(C(=O)NCC2CN3CCCC3CO2)c1. The van der Waals surface area contributed by atoms with Gasteiger partial charge in [-0.05, 0) is 38.4 Å². The van der Waals surface area contributed by atoms with Crippen LogP contribution in [0.5, 0.6) is 5.75 Å². The van der Waals surface area contributed by atoms with Crippen molar-refractivity contribution >= 4 is 5.91 Å². The molecule has 0 aliphatic carbocycles. The van der Waals surface area contributed by atoms with Gasteiger partial charge in [-0.15, -0.1) is 0 Å². The molecule has 5 nitrogen and oxygen atoms in total. The molecule has 0 saturated carbocycles. The minimum atomic E-state index is -0.247. The van der Waals surface area contributed by atoms with E-state index in [4.69, 9.17) is 4.74 Å². The summed E-state index contributed by atoms with van der Waals surface area (Å²) >= 11 is 0. The number of amides is 1. The van der Waals surface area contributed by atoms with Gasteiger partial charge in [0.1, 0.15) is 5.75 Å². The van der Waals surface area contributed by atoms with Crippen molar-refractivity contribution in [1.29, 1.82) is 0 Å². The maximum Gasteiger partial charge on any atom is 0.255 e. The second-order valence-electron chi connectivity index (χ2n) is 5.98. The highest BCUT2D eigenvalue weighted by Crippen LogP contribution is 2.22. The number of carbonyl (C=O) groups excluding carboxylic acids is 1. The van der Waals surface area contributed by atoms with Crippen molar-refractivity contribution in [3.8, 4) is 5.75 Å². The number of benzene rings is 1. The molecule has 2 fully saturated rings. The molecular formula is C16H22N2O3. The number of phenols is 1. The van der Waals surface area contributed by atoms with E-state index in [1.165, 1.54) is 12.8 Å². The Labute approximate surface area is 124 Å². The van der Waals surface area contributed by atoms with Gasteiger partial charge in [-0.1, -0.05) is 11.6 Å². The third-order valence-corrected chi connectivity index (χ3v) is 4.35. The van der Waals surface area contributed by atoms with Crippen LogP contribution in [-0.2, 0) is 4.74 Å². The van der Waals surface area contributed by atoms with E-state index in [0.29, 0.717) is 18.2 Å². The van der Waals surface area contributed by atoms with E-state index in [9.17, 15) is 9.90 Å². The van der Waals surface area contributed by atoms with Crippen molar-refractivity contribution in [3.05, 3.63) is 29.3 Å². The lowest BCUT2D eigenvalue weighted by molar-refractivity contribution is -0.0461. The van der Waals surface area contributed by atoms with E-state index in [0.717, 1.165) is 25.3 Å². The maximum absolute atomic E-state index is 12.1. The number of morpholine rings is 1. The smallest absolute Gasteiger partial charge is 0.255 e. The summed E-state index contributed by atoms with van der Waals surface area (Å²) in [6.45, 7) is 5.15. The summed E-state index contributed by atoms with van der Waals surface area (Å²) in [7, 11) is 0. The summed E-state index contributed by atoms with van der Waals surface area (Å²) in [6, 6.07) is 5.60. The molecule has 2 atom stereocenters. The van der Waals surface area contributed by atoms with Gasteiger partial charge in [-0.25, -0.2) is 0 Å². The van der Waals surface area contributed by atoms with E-state index in [1.807, 2.05) is 6.92 Å². The second-order valence-corrected chi connectivity index (χ2v) is 5.98. The molecule has 2 unspecified atom stereocenters. The van der Waals surface area contributed by atoms with Crippen LogP contribution < -0.4 is 5.32 Å². The first-order chi connectivity index (χ1) is 10.1. The number of nitrogens with zero attached hydrogens (tertiary/aromatic N) is 1. The standard InChI is InChI=1S/C16H22N2O3/c1-11-4-5-15(19)14(7-11)16(20)17-8-13-9-18-6-2-3-12(18)10-21-13/h4-5,7,12-13,19H,2-3,6,8-10H2,1H3,(H,17,20). The normalized spacial score (nSPS) is 25.6. The predicted octanol–water partition coefficient (Wildman–Crippen LogP) is 1.29. The van der Waals surface area contributed by atoms with Crippen LogP contribution in [0.2, 0.25) is 0 Å². The molecule has 2 heterocycles. The van der Waals surface area contributed by atoms with Crippen LogP contribution in [0.4, 0.5) is 0 Å². The highest BCUT2D eigenvalue weighted by Gasteiger charge is 2.32. The predicted molar refractivity (Wildman–Crippen MR) is 79.5 cm³/mol. The summed E-state index contributed by atoms with van der Waals surface area (Å²) in [5, 5.41) is 12.6. The quantitative estimate of drug-likeness (QED) is 0.880. The van der Waals surface area contributed by atoms with Crippen molar-refractivity contribution < 1.29 is 14.6 Å². The van der Waals surface area contributed by atoms with E-state index in [-0.39, 0.29) is 17.8 Å². The lowest BCUT2D eigenvalue weighted by Gasteiger charge is -2.35. The van der Waals surface area contributed by atoms with Crippen molar-refractivity contribution in [2.75, 3.05) is 26.2 Å². The zero-order valence-electron chi connectivity index (χ0n) is 12.3. The van der Waals surface area contributed by atoms with Crippen LogP contribution >= 0.6 is 0 Å². The van der Waals surface area contributed by atoms with Crippen molar-refractivity contribution in [3.63, 3.8) is 0 Å². The summed E-state index contributed by atoms with van der Waals surface area (Å²) < 4.78 is 5.81. The summed E-state index contributed by atoms with van der Waals surface area (Å²) in [5.74, 6) is -0.231. The van der Waals surface area contributed by atoms with Gasteiger partial charge in [0.25, 0.3) is 5.91 Å². The first kappa shape index (κ1) is 14.4. The molecule has 3 rings (SSSR count). The molecule has 1 aromatic rings. The number of phenolic OH excluding ortho intramolecular Hbond substituents is 1. The lowest BCUT2D eigenvalue weighted by atomic mass is 10.1. The summed E-state index contributed by atoms with van der Waals surface area (Å²) in [6.07, 6.45) is 2.50. The van der Waals surface area contributed by atoms with Crippen molar-refractivity contribution in [2.45, 2.75) is 31.9 Å². The van der Waals surface area contributed by atoms with Crippen LogP contribution in [-0.4, -0.2) is 54.3 Å². The fourth-order valence-corrected chi connectivity index (χ4v) is 3.14. The fourth-order valence-electron chi connectivity index (χ4n) is 3.14. The van der Waals surface area contributed by atoms with E-state index < -0.39 is 0 Å². The molecular weight excluding hydrogens is 268 g/mol. The van der Waals surface area contributed by atoms with Crippen LogP contribution in [0.15, 0.2) is 18.2 Å². The Morgan fingerprint density at radius 1 is 1.52 bits per heavy atom. The van der Waals surface area contributed by atoms with E-state index in [2.05, 4.69) is 10.2 Å². The van der Waals surface area contributed by atoms with Crippen molar-refractivity contribution in [2.24, 2.45) is 0 Å². The second kappa shape index (κ2) is 6.03. The van der Waals surface area contributed by atoms with Gasteiger partial charge in [-0.3, -0.25) is 9.69 Å². The Morgan fingerprint density at radius 3 is 3.24 bits per heavy atom. The van der Waals surface area contributed by atoms with Gasteiger partial charge < -0.3 is 15.2 Å². The molecule has 114 valence electrons. The molecule has 2 aliphatic rings. The third kappa shape index (κ3) is 3.19. The van der Waals surface area contributed by atoms with Gasteiger partial charge in [0.15, 0.2) is 0 Å². The Kier molecular flexibility index (Phi) is 4.12. The highest BCUT2D eigenvalue weighted by molar-refractivity contribution is 5.97. The summed E-state index contributed by atoms with van der Waals surface area (Å²) in [4.78, 5) is 14.6. The minimum absolute atomic E-state index is 0.0160. The number of hydrogen-bond donors (Lipinski definition) is 2. The Balaban J connectivity index is 1.55. The van der Waals surface area contributed by atoms with Gasteiger partial charge in [0.05, 0.1) is 18.3 Å². The number of fused-ring (bicyclic) bond motifs is 1.